The first-order chi connectivity index (χ1) is 7.50. The Morgan fingerprint density at radius 3 is 2.50 bits per heavy atom. The van der Waals surface area contributed by atoms with Gasteiger partial charge in [-0.2, -0.15) is 12.7 Å². The van der Waals surface area contributed by atoms with E-state index in [9.17, 15) is 13.2 Å². The van der Waals surface area contributed by atoms with Gasteiger partial charge in [0, 0.05) is 10.7 Å². The Balaban J connectivity index is 2.40. The van der Waals surface area contributed by atoms with Crippen molar-refractivity contribution in [3.05, 3.63) is 35.9 Å². The van der Waals surface area contributed by atoms with E-state index in [0.29, 0.717) is 9.87 Å². The van der Waals surface area contributed by atoms with Crippen molar-refractivity contribution in [3.8, 4) is 0 Å². The first kappa shape index (κ1) is 11.2. The van der Waals surface area contributed by atoms with Crippen LogP contribution in [-0.4, -0.2) is 25.4 Å². The van der Waals surface area contributed by atoms with Crippen LogP contribution in [0.25, 0.3) is 0 Å². The molecule has 0 saturated carbocycles. The van der Waals surface area contributed by atoms with Gasteiger partial charge in [0.2, 0.25) is 0 Å². The van der Waals surface area contributed by atoms with Crippen LogP contribution >= 0.6 is 10.7 Å². The molecule has 1 amide bonds. The molecule has 0 aromatic heterocycles. The quantitative estimate of drug-likeness (QED) is 0.760. The molecule has 0 bridgehead atoms. The number of halogens is 1. The van der Waals surface area contributed by atoms with E-state index in [1.165, 1.54) is 0 Å². The van der Waals surface area contributed by atoms with Crippen molar-refractivity contribution in [2.45, 2.75) is 6.04 Å². The predicted molar refractivity (Wildman–Crippen MR) is 57.1 cm³/mol. The van der Waals surface area contributed by atoms with E-state index in [0.717, 1.165) is 0 Å². The fourth-order valence-corrected chi connectivity index (χ4v) is 2.73. The van der Waals surface area contributed by atoms with E-state index >= 15 is 0 Å². The number of amides is 1. The number of cyclic esters (lactones) is 1. The van der Waals surface area contributed by atoms with Crippen LogP contribution in [0.15, 0.2) is 30.3 Å². The van der Waals surface area contributed by atoms with Gasteiger partial charge in [-0.1, -0.05) is 30.3 Å². The molecule has 7 heteroatoms. The molecule has 5 nitrogen and oxygen atoms in total. The SMILES string of the molecule is O=C1OC[C@H](c2ccccc2)N1S(=O)(=O)Cl. The normalized spacial score (nSPS) is 20.9. The van der Waals surface area contributed by atoms with Gasteiger partial charge in [0.1, 0.15) is 12.6 Å². The summed E-state index contributed by atoms with van der Waals surface area (Å²) in [4.78, 5) is 11.2. The van der Waals surface area contributed by atoms with Crippen LogP contribution in [0.5, 0.6) is 0 Å². The maximum atomic E-state index is 11.2. The lowest BCUT2D eigenvalue weighted by atomic mass is 10.1. The van der Waals surface area contributed by atoms with Gasteiger partial charge in [0.25, 0.3) is 0 Å². The summed E-state index contributed by atoms with van der Waals surface area (Å²) < 4.78 is 27.7. The van der Waals surface area contributed by atoms with Crippen LogP contribution in [0.4, 0.5) is 4.79 Å². The molecule has 1 saturated heterocycles. The molecule has 0 spiro atoms. The fraction of sp³-hybridized carbons (Fsp3) is 0.222. The average Bonchev–Trinajstić information content (AvgIpc) is 2.61. The van der Waals surface area contributed by atoms with Gasteiger partial charge in [-0.05, 0) is 5.56 Å². The summed E-state index contributed by atoms with van der Waals surface area (Å²) in [5.41, 5.74) is 0.664. The number of carbonyl (C=O) groups excluding carboxylic acids is 1. The van der Waals surface area contributed by atoms with Gasteiger partial charge in [-0.25, -0.2) is 4.79 Å². The molecular formula is C9H8ClNO4S. The minimum atomic E-state index is -4.12. The molecule has 16 heavy (non-hydrogen) atoms. The molecule has 1 aromatic rings. The smallest absolute Gasteiger partial charge is 0.425 e. The molecule has 1 aromatic carbocycles. The highest BCUT2D eigenvalue weighted by atomic mass is 35.7. The molecule has 0 radical (unpaired) electrons. The minimum absolute atomic E-state index is 0.0191. The number of hydrogen-bond acceptors (Lipinski definition) is 4. The number of ether oxygens (including phenoxy) is 1. The number of rotatable bonds is 2. The zero-order valence-electron chi connectivity index (χ0n) is 8.04. The second kappa shape index (κ2) is 3.95. The highest BCUT2D eigenvalue weighted by Crippen LogP contribution is 2.31. The van der Waals surface area contributed by atoms with Crippen molar-refractivity contribution in [2.75, 3.05) is 6.61 Å². The lowest BCUT2D eigenvalue weighted by Gasteiger charge is -2.17. The van der Waals surface area contributed by atoms with E-state index in [1.54, 1.807) is 30.3 Å². The van der Waals surface area contributed by atoms with Crippen LogP contribution in [0, 0.1) is 0 Å². The van der Waals surface area contributed by atoms with Gasteiger partial charge in [-0.15, -0.1) is 0 Å². The van der Waals surface area contributed by atoms with Crippen LogP contribution < -0.4 is 0 Å². The fourth-order valence-electron chi connectivity index (χ4n) is 1.56. The van der Waals surface area contributed by atoms with Crippen molar-refractivity contribution < 1.29 is 17.9 Å². The lowest BCUT2D eigenvalue weighted by Crippen LogP contribution is -2.30. The molecule has 1 fully saturated rings. The monoisotopic (exact) mass is 261 g/mol. The molecule has 86 valence electrons. The molecule has 0 unspecified atom stereocenters. The van der Waals surface area contributed by atoms with Crippen molar-refractivity contribution in [3.63, 3.8) is 0 Å². The van der Waals surface area contributed by atoms with Crippen LogP contribution in [-0.2, 0) is 14.0 Å². The van der Waals surface area contributed by atoms with Crippen LogP contribution in [0.2, 0.25) is 0 Å². The average molecular weight is 262 g/mol. The maximum absolute atomic E-state index is 11.2. The van der Waals surface area contributed by atoms with Gasteiger partial charge in [0.15, 0.2) is 0 Å². The standard InChI is InChI=1S/C9H8ClNO4S/c10-16(13,14)11-8(6-15-9(11)12)7-4-2-1-3-5-7/h1-5,8H,6H2/t8-/m1/s1. The second-order valence-corrected chi connectivity index (χ2v) is 5.63. The first-order valence-electron chi connectivity index (χ1n) is 4.46. The molecule has 1 heterocycles. The third-order valence-corrected chi connectivity index (χ3v) is 3.57. The Morgan fingerprint density at radius 1 is 1.31 bits per heavy atom. The van der Waals surface area contributed by atoms with Gasteiger partial charge < -0.3 is 4.74 Å². The third kappa shape index (κ3) is 1.98. The van der Waals surface area contributed by atoms with E-state index in [-0.39, 0.29) is 6.61 Å². The second-order valence-electron chi connectivity index (χ2n) is 3.24. The van der Waals surface area contributed by atoms with Crippen molar-refractivity contribution in [2.24, 2.45) is 0 Å². The number of carbonyl (C=O) groups is 1. The van der Waals surface area contributed by atoms with E-state index in [4.69, 9.17) is 10.7 Å². The van der Waals surface area contributed by atoms with Gasteiger partial charge in [0.05, 0.1) is 0 Å². The number of benzene rings is 1. The number of hydrogen-bond donors (Lipinski definition) is 0. The molecule has 1 aliphatic heterocycles. The van der Waals surface area contributed by atoms with Crippen LogP contribution in [0.3, 0.4) is 0 Å². The largest absolute Gasteiger partial charge is 0.446 e. The van der Waals surface area contributed by atoms with Gasteiger partial charge >= 0.3 is 15.3 Å². The Morgan fingerprint density at radius 2 is 1.94 bits per heavy atom. The molecule has 2 rings (SSSR count). The Kier molecular flexibility index (Phi) is 2.77. The zero-order valence-corrected chi connectivity index (χ0v) is 9.61. The number of nitrogens with zero attached hydrogens (tertiary/aromatic N) is 1. The summed E-state index contributed by atoms with van der Waals surface area (Å²) in [5, 5.41) is 0. The van der Waals surface area contributed by atoms with Crippen molar-refractivity contribution in [1.82, 2.24) is 4.31 Å². The zero-order chi connectivity index (χ0) is 11.8. The summed E-state index contributed by atoms with van der Waals surface area (Å²) in [5.74, 6) is 0. The third-order valence-electron chi connectivity index (χ3n) is 2.25. The van der Waals surface area contributed by atoms with Crippen molar-refractivity contribution in [1.29, 1.82) is 0 Å². The summed E-state index contributed by atoms with van der Waals surface area (Å²) >= 11 is 0. The Bertz CT molecular complexity index is 502. The highest BCUT2D eigenvalue weighted by Gasteiger charge is 2.41. The van der Waals surface area contributed by atoms with E-state index in [2.05, 4.69) is 4.74 Å². The summed E-state index contributed by atoms with van der Waals surface area (Å²) in [6, 6.07) is 8.02. The molecular weight excluding hydrogens is 254 g/mol. The summed E-state index contributed by atoms with van der Waals surface area (Å²) in [6.07, 6.45) is -0.941. The van der Waals surface area contributed by atoms with E-state index < -0.39 is 21.4 Å². The Hall–Kier alpha value is -1.27. The lowest BCUT2D eigenvalue weighted by molar-refractivity contribution is 0.170. The van der Waals surface area contributed by atoms with Crippen LogP contribution in [0.1, 0.15) is 11.6 Å². The molecule has 1 aliphatic rings. The Labute approximate surface area is 97.1 Å². The molecule has 0 aliphatic carbocycles. The van der Waals surface area contributed by atoms with Gasteiger partial charge in [-0.3, -0.25) is 0 Å². The van der Waals surface area contributed by atoms with E-state index in [1.807, 2.05) is 0 Å². The predicted octanol–water partition coefficient (Wildman–Crippen LogP) is 1.66. The first-order valence-corrected chi connectivity index (χ1v) is 6.72. The molecule has 0 N–H and O–H groups in total. The molecule has 1 atom stereocenters. The topological polar surface area (TPSA) is 63.7 Å². The maximum Gasteiger partial charge on any atom is 0.425 e. The highest BCUT2D eigenvalue weighted by molar-refractivity contribution is 8.12. The summed E-state index contributed by atoms with van der Waals surface area (Å²) in [6.45, 7) is -0.0191. The minimum Gasteiger partial charge on any atom is -0.446 e. The van der Waals surface area contributed by atoms with Crippen molar-refractivity contribution >= 4 is 26.0 Å². The summed E-state index contributed by atoms with van der Waals surface area (Å²) in [7, 11) is 1.06.